The van der Waals surface area contributed by atoms with E-state index >= 15 is 0 Å². The van der Waals surface area contributed by atoms with Gasteiger partial charge in [0.15, 0.2) is 0 Å². The highest BCUT2D eigenvalue weighted by molar-refractivity contribution is 6.21. The molecule has 0 amide bonds. The van der Waals surface area contributed by atoms with Crippen LogP contribution < -0.4 is 0 Å². The van der Waals surface area contributed by atoms with Gasteiger partial charge in [0.2, 0.25) is 0 Å². The predicted octanol–water partition coefficient (Wildman–Crippen LogP) is 3.51. The first-order valence-electron chi connectivity index (χ1n) is 5.55. The molecule has 1 heterocycles. The van der Waals surface area contributed by atoms with Crippen LogP contribution in [0.25, 0.3) is 0 Å². The van der Waals surface area contributed by atoms with E-state index in [0.717, 1.165) is 0 Å². The maximum Gasteiger partial charge on any atom is 0.426 e. The summed E-state index contributed by atoms with van der Waals surface area (Å²) in [4.78, 5) is 0. The molecule has 104 valence electrons. The molecule has 1 nitrogen and oxygen atoms in total. The van der Waals surface area contributed by atoms with Crippen molar-refractivity contribution in [3.63, 3.8) is 0 Å². The highest BCUT2D eigenvalue weighted by atomic mass is 35.5. The Kier molecular flexibility index (Phi) is 2.34. The van der Waals surface area contributed by atoms with Crippen LogP contribution >= 0.6 is 11.6 Å². The summed E-state index contributed by atoms with van der Waals surface area (Å²) >= 11 is 5.88. The monoisotopic (exact) mass is 294 g/mol. The van der Waals surface area contributed by atoms with Crippen LogP contribution in [-0.4, -0.2) is 29.4 Å². The van der Waals surface area contributed by atoms with Gasteiger partial charge in [-0.3, -0.25) is 0 Å². The van der Waals surface area contributed by atoms with Crippen LogP contribution in [0, 0.1) is 17.8 Å². The van der Waals surface area contributed by atoms with Crippen molar-refractivity contribution in [2.75, 3.05) is 0 Å². The first kappa shape index (κ1) is 12.8. The fourth-order valence-electron chi connectivity index (χ4n) is 3.84. The van der Waals surface area contributed by atoms with Crippen molar-refractivity contribution in [3.8, 4) is 0 Å². The molecule has 3 unspecified atom stereocenters. The average molecular weight is 295 g/mol. The molecule has 0 aromatic carbocycles. The van der Waals surface area contributed by atoms with E-state index in [1.165, 1.54) is 0 Å². The van der Waals surface area contributed by atoms with Crippen LogP contribution in [0.3, 0.4) is 0 Å². The molecule has 0 aromatic heterocycles. The first-order valence-corrected chi connectivity index (χ1v) is 5.98. The molecule has 1 saturated heterocycles. The standard InChI is InChI=1S/C10H9ClF6O/c11-5-2-3-1-4(5)7-6(3)8(18-7,9(12,13)14)10(15,16)17/h3-7H,1-2H2/t3-,4+,5?,6?,7?/m0/s1. The van der Waals surface area contributed by atoms with Crippen LogP contribution in [0.5, 0.6) is 0 Å². The summed E-state index contributed by atoms with van der Waals surface area (Å²) in [6.07, 6.45) is -11.3. The molecule has 3 aliphatic rings. The number of fused-ring (bicyclic) bond motifs is 5. The topological polar surface area (TPSA) is 9.23 Å². The smallest absolute Gasteiger partial charge is 0.354 e. The molecule has 0 N–H and O–H groups in total. The largest absolute Gasteiger partial charge is 0.426 e. The number of alkyl halides is 7. The molecule has 2 aliphatic carbocycles. The van der Waals surface area contributed by atoms with E-state index in [0.29, 0.717) is 6.42 Å². The Morgan fingerprint density at radius 3 is 2.00 bits per heavy atom. The third-order valence-corrected chi connectivity index (χ3v) is 4.99. The second-order valence-corrected chi connectivity index (χ2v) is 5.81. The molecule has 18 heavy (non-hydrogen) atoms. The highest BCUT2D eigenvalue weighted by Crippen LogP contribution is 2.69. The Bertz CT molecular complexity index is 362. The Hall–Kier alpha value is -0.170. The SMILES string of the molecule is FC(F)(F)C1(C(F)(F)F)OC2C1[C@@H]1CC(Cl)[C@H]2C1. The van der Waals surface area contributed by atoms with Gasteiger partial charge >= 0.3 is 12.4 Å². The number of hydrogen-bond donors (Lipinski definition) is 0. The van der Waals surface area contributed by atoms with Crippen LogP contribution in [0.15, 0.2) is 0 Å². The zero-order valence-electron chi connectivity index (χ0n) is 8.85. The lowest BCUT2D eigenvalue weighted by Crippen LogP contribution is -2.76. The molecule has 5 atom stereocenters. The van der Waals surface area contributed by atoms with Crippen molar-refractivity contribution in [1.29, 1.82) is 0 Å². The lowest BCUT2D eigenvalue weighted by Gasteiger charge is -2.57. The maximum atomic E-state index is 12.8. The Morgan fingerprint density at radius 1 is 1.00 bits per heavy atom. The molecule has 2 bridgehead atoms. The van der Waals surface area contributed by atoms with E-state index in [1.54, 1.807) is 0 Å². The predicted molar refractivity (Wildman–Crippen MR) is 49.1 cm³/mol. The summed E-state index contributed by atoms with van der Waals surface area (Å²) in [6.45, 7) is 0. The van der Waals surface area contributed by atoms with Gasteiger partial charge in [-0.2, -0.15) is 26.3 Å². The number of halogens is 7. The molecular formula is C10H9ClF6O. The summed E-state index contributed by atoms with van der Waals surface area (Å²) in [5, 5.41) is -0.365. The van der Waals surface area contributed by atoms with E-state index in [-0.39, 0.29) is 17.7 Å². The van der Waals surface area contributed by atoms with Crippen LogP contribution in [0.1, 0.15) is 12.8 Å². The third kappa shape index (κ3) is 1.25. The molecule has 0 radical (unpaired) electrons. The fourth-order valence-corrected chi connectivity index (χ4v) is 4.32. The molecule has 3 rings (SSSR count). The minimum Gasteiger partial charge on any atom is -0.354 e. The van der Waals surface area contributed by atoms with Gasteiger partial charge in [-0.05, 0) is 18.8 Å². The van der Waals surface area contributed by atoms with Crippen LogP contribution in [0.4, 0.5) is 26.3 Å². The fraction of sp³-hybridized carbons (Fsp3) is 1.00. The molecular weight excluding hydrogens is 286 g/mol. The van der Waals surface area contributed by atoms with Gasteiger partial charge in [0, 0.05) is 17.2 Å². The van der Waals surface area contributed by atoms with Crippen molar-refractivity contribution in [2.24, 2.45) is 17.8 Å². The number of hydrogen-bond acceptors (Lipinski definition) is 1. The van der Waals surface area contributed by atoms with E-state index in [2.05, 4.69) is 4.74 Å². The summed E-state index contributed by atoms with van der Waals surface area (Å²) in [7, 11) is 0. The summed E-state index contributed by atoms with van der Waals surface area (Å²) in [6, 6.07) is 0. The lowest BCUT2D eigenvalue weighted by atomic mass is 9.68. The highest BCUT2D eigenvalue weighted by Gasteiger charge is 2.86. The van der Waals surface area contributed by atoms with Crippen molar-refractivity contribution in [1.82, 2.24) is 0 Å². The van der Waals surface area contributed by atoms with Gasteiger partial charge in [-0.1, -0.05) is 0 Å². The zero-order valence-corrected chi connectivity index (χ0v) is 9.61. The molecule has 3 fully saturated rings. The molecule has 2 saturated carbocycles. The van der Waals surface area contributed by atoms with Crippen LogP contribution in [0.2, 0.25) is 0 Å². The van der Waals surface area contributed by atoms with Crippen molar-refractivity contribution in [2.45, 2.75) is 42.3 Å². The van der Waals surface area contributed by atoms with E-state index in [9.17, 15) is 26.3 Å². The summed E-state index contributed by atoms with van der Waals surface area (Å²) in [5.74, 6) is -2.53. The van der Waals surface area contributed by atoms with E-state index in [1.807, 2.05) is 0 Å². The normalized spacial score (nSPS) is 45.8. The van der Waals surface area contributed by atoms with E-state index in [4.69, 9.17) is 11.6 Å². The maximum absolute atomic E-state index is 12.8. The van der Waals surface area contributed by atoms with Gasteiger partial charge in [0.25, 0.3) is 5.60 Å². The molecule has 0 spiro atoms. The Morgan fingerprint density at radius 2 is 1.56 bits per heavy atom. The van der Waals surface area contributed by atoms with E-state index < -0.39 is 35.9 Å². The minimum atomic E-state index is -5.43. The first-order chi connectivity index (χ1) is 8.09. The Labute approximate surface area is 103 Å². The number of ether oxygens (including phenoxy) is 1. The van der Waals surface area contributed by atoms with Crippen molar-refractivity contribution in [3.05, 3.63) is 0 Å². The molecule has 8 heteroatoms. The zero-order chi connectivity index (χ0) is 13.5. The molecule has 0 aromatic rings. The van der Waals surface area contributed by atoms with Gasteiger partial charge in [-0.25, -0.2) is 0 Å². The van der Waals surface area contributed by atoms with Gasteiger partial charge in [-0.15, -0.1) is 11.6 Å². The number of rotatable bonds is 0. The van der Waals surface area contributed by atoms with Crippen molar-refractivity contribution < 1.29 is 31.1 Å². The van der Waals surface area contributed by atoms with Gasteiger partial charge in [0.05, 0.1) is 6.10 Å². The molecule has 1 aliphatic heterocycles. The quantitative estimate of drug-likeness (QED) is 0.491. The van der Waals surface area contributed by atoms with Gasteiger partial charge < -0.3 is 4.74 Å². The average Bonchev–Trinajstić information content (AvgIpc) is 2.50. The second-order valence-electron chi connectivity index (χ2n) is 5.25. The second kappa shape index (κ2) is 3.29. The lowest BCUT2D eigenvalue weighted by molar-refractivity contribution is -0.470. The van der Waals surface area contributed by atoms with Gasteiger partial charge in [0.1, 0.15) is 0 Å². The third-order valence-electron chi connectivity index (χ3n) is 4.48. The summed E-state index contributed by atoms with van der Waals surface area (Å²) < 4.78 is 81.4. The van der Waals surface area contributed by atoms with Crippen LogP contribution in [-0.2, 0) is 4.74 Å². The minimum absolute atomic E-state index is 0.213. The van der Waals surface area contributed by atoms with Crippen molar-refractivity contribution >= 4 is 11.6 Å². The summed E-state index contributed by atoms with van der Waals surface area (Å²) in [5.41, 5.74) is -3.97. The Balaban J connectivity index is 1.98.